The summed E-state index contributed by atoms with van der Waals surface area (Å²) < 4.78 is 4.90. The minimum absolute atomic E-state index is 0.372. The maximum Gasteiger partial charge on any atom is 0.356 e. The summed E-state index contributed by atoms with van der Waals surface area (Å²) in [5, 5.41) is 0. The highest BCUT2D eigenvalue weighted by Gasteiger charge is 2.05. The summed E-state index contributed by atoms with van der Waals surface area (Å²) in [5.74, 6) is 4.73. The lowest BCUT2D eigenvalue weighted by Crippen LogP contribution is -2.09. The molecule has 0 unspecified atom stereocenters. The smallest absolute Gasteiger partial charge is 0.356 e. The van der Waals surface area contributed by atoms with E-state index in [0.717, 1.165) is 0 Å². The molecular weight excluding hydrogens is 158 g/mol. The molecule has 0 saturated carbocycles. The van der Waals surface area contributed by atoms with E-state index in [9.17, 15) is 4.79 Å². The Morgan fingerprint density at radius 2 is 2.25 bits per heavy atom. The number of benzene rings is 1. The first-order valence-corrected chi connectivity index (χ1v) is 3.33. The maximum atomic E-state index is 10.9. The Labute approximate surface area is 69.8 Å². The summed E-state index contributed by atoms with van der Waals surface area (Å²) in [6, 6.07) is 6.56. The second-order valence-electron chi connectivity index (χ2n) is 2.14. The average molecular weight is 167 g/mol. The van der Waals surface area contributed by atoms with Crippen LogP contribution < -0.4 is 10.6 Å². The molecule has 0 aliphatic rings. The van der Waals surface area contributed by atoms with Crippen LogP contribution in [0.15, 0.2) is 24.3 Å². The lowest BCUT2D eigenvalue weighted by molar-refractivity contribution is 0.0503. The van der Waals surface area contributed by atoms with Crippen LogP contribution in [0.3, 0.4) is 0 Å². The summed E-state index contributed by atoms with van der Waals surface area (Å²) in [4.78, 5) is 14.9. The number of rotatable bonds is 2. The van der Waals surface area contributed by atoms with Gasteiger partial charge in [-0.3, -0.25) is 0 Å². The lowest BCUT2D eigenvalue weighted by atomic mass is 10.2. The van der Waals surface area contributed by atoms with Crippen molar-refractivity contribution in [2.75, 3.05) is 7.11 Å². The predicted molar refractivity (Wildman–Crippen MR) is 42.6 cm³/mol. The van der Waals surface area contributed by atoms with Crippen molar-refractivity contribution in [2.45, 2.75) is 0 Å². The Kier molecular flexibility index (Phi) is 2.66. The quantitative estimate of drug-likeness (QED) is 0.659. The van der Waals surface area contributed by atoms with Gasteiger partial charge >= 0.3 is 5.97 Å². The van der Waals surface area contributed by atoms with Gasteiger partial charge in [-0.1, -0.05) is 6.07 Å². The number of carbonyl (C=O) groups is 1. The van der Waals surface area contributed by atoms with Gasteiger partial charge in [-0.15, -0.1) is 0 Å². The zero-order valence-corrected chi connectivity index (χ0v) is 6.61. The van der Waals surface area contributed by atoms with Crippen LogP contribution in [0, 0.1) is 0 Å². The zero-order valence-electron chi connectivity index (χ0n) is 6.61. The Morgan fingerprint density at radius 1 is 1.50 bits per heavy atom. The first kappa shape index (κ1) is 8.55. The molecule has 4 heteroatoms. The van der Waals surface area contributed by atoms with Crippen molar-refractivity contribution in [1.29, 1.82) is 0 Å². The molecule has 2 N–H and O–H groups in total. The molecule has 4 nitrogen and oxygen atoms in total. The van der Waals surface area contributed by atoms with Gasteiger partial charge in [0.15, 0.2) is 0 Å². The fourth-order valence-electron chi connectivity index (χ4n) is 0.818. The van der Waals surface area contributed by atoms with Crippen molar-refractivity contribution in [1.82, 2.24) is 0 Å². The van der Waals surface area contributed by atoms with E-state index in [1.54, 1.807) is 24.3 Å². The highest BCUT2D eigenvalue weighted by molar-refractivity contribution is 5.89. The molecule has 1 rings (SSSR count). The molecule has 0 bridgehead atoms. The van der Waals surface area contributed by atoms with E-state index in [0.29, 0.717) is 11.3 Å². The summed E-state index contributed by atoms with van der Waals surface area (Å²) in [5.41, 5.74) is 0.372. The second kappa shape index (κ2) is 3.73. The SMILES string of the molecule is COc1cccc(C(=O)ON)c1. The average Bonchev–Trinajstić information content (AvgIpc) is 2.17. The first-order valence-electron chi connectivity index (χ1n) is 3.33. The van der Waals surface area contributed by atoms with Crippen LogP contribution in [-0.2, 0) is 4.84 Å². The van der Waals surface area contributed by atoms with Crippen LogP contribution in [0.2, 0.25) is 0 Å². The third-order valence-corrected chi connectivity index (χ3v) is 1.41. The first-order chi connectivity index (χ1) is 5.77. The van der Waals surface area contributed by atoms with E-state index < -0.39 is 5.97 Å². The predicted octanol–water partition coefficient (Wildman–Crippen LogP) is 0.726. The van der Waals surface area contributed by atoms with E-state index in [2.05, 4.69) is 4.84 Å². The highest BCUT2D eigenvalue weighted by Crippen LogP contribution is 2.12. The Balaban J connectivity index is 2.93. The Morgan fingerprint density at radius 3 is 2.83 bits per heavy atom. The molecule has 0 atom stereocenters. The van der Waals surface area contributed by atoms with Crippen molar-refractivity contribution in [3.05, 3.63) is 29.8 Å². The second-order valence-corrected chi connectivity index (χ2v) is 2.14. The Bertz CT molecular complexity index is 285. The van der Waals surface area contributed by atoms with Gasteiger partial charge in [-0.05, 0) is 18.2 Å². The van der Waals surface area contributed by atoms with Crippen molar-refractivity contribution in [2.24, 2.45) is 5.90 Å². The third kappa shape index (κ3) is 1.73. The standard InChI is InChI=1S/C8H9NO3/c1-11-7-4-2-3-6(5-7)8(10)12-9/h2-5H,9H2,1H3. The van der Waals surface area contributed by atoms with E-state index in [4.69, 9.17) is 10.6 Å². The van der Waals surface area contributed by atoms with Gasteiger partial charge < -0.3 is 9.57 Å². The van der Waals surface area contributed by atoms with Gasteiger partial charge in [0, 0.05) is 0 Å². The van der Waals surface area contributed by atoms with Gasteiger partial charge in [0.25, 0.3) is 0 Å². The molecule has 0 aliphatic carbocycles. The van der Waals surface area contributed by atoms with Crippen molar-refractivity contribution < 1.29 is 14.4 Å². The molecule has 0 saturated heterocycles. The molecule has 1 aromatic carbocycles. The van der Waals surface area contributed by atoms with E-state index in [1.807, 2.05) is 0 Å². The van der Waals surface area contributed by atoms with E-state index >= 15 is 0 Å². The number of hydrogen-bond acceptors (Lipinski definition) is 4. The minimum atomic E-state index is -0.575. The lowest BCUT2D eigenvalue weighted by Gasteiger charge is -2.01. The van der Waals surface area contributed by atoms with Crippen LogP contribution in [0.1, 0.15) is 10.4 Å². The van der Waals surface area contributed by atoms with Crippen molar-refractivity contribution in [3.63, 3.8) is 0 Å². The monoisotopic (exact) mass is 167 g/mol. The molecule has 0 radical (unpaired) electrons. The summed E-state index contributed by atoms with van der Waals surface area (Å²) in [7, 11) is 1.52. The molecule has 12 heavy (non-hydrogen) atoms. The molecule has 1 aromatic rings. The molecule has 0 aromatic heterocycles. The van der Waals surface area contributed by atoms with E-state index in [-0.39, 0.29) is 0 Å². The number of methoxy groups -OCH3 is 1. The van der Waals surface area contributed by atoms with Gasteiger partial charge in [-0.2, -0.15) is 5.90 Å². The van der Waals surface area contributed by atoms with Gasteiger partial charge in [-0.25, -0.2) is 4.79 Å². The normalized spacial score (nSPS) is 9.17. The van der Waals surface area contributed by atoms with Gasteiger partial charge in [0.05, 0.1) is 12.7 Å². The van der Waals surface area contributed by atoms with Crippen LogP contribution >= 0.6 is 0 Å². The molecule has 0 heterocycles. The molecule has 0 spiro atoms. The van der Waals surface area contributed by atoms with Gasteiger partial charge in [0.1, 0.15) is 5.75 Å². The van der Waals surface area contributed by atoms with Crippen LogP contribution in [0.4, 0.5) is 0 Å². The summed E-state index contributed by atoms with van der Waals surface area (Å²) in [6.45, 7) is 0. The molecule has 0 fully saturated rings. The number of nitrogens with two attached hydrogens (primary N) is 1. The summed E-state index contributed by atoms with van der Waals surface area (Å²) in [6.07, 6.45) is 0. The summed E-state index contributed by atoms with van der Waals surface area (Å²) >= 11 is 0. The Hall–Kier alpha value is -1.55. The zero-order chi connectivity index (χ0) is 8.97. The van der Waals surface area contributed by atoms with Crippen LogP contribution in [0.5, 0.6) is 5.75 Å². The van der Waals surface area contributed by atoms with Crippen LogP contribution in [0.25, 0.3) is 0 Å². The van der Waals surface area contributed by atoms with Crippen molar-refractivity contribution >= 4 is 5.97 Å². The van der Waals surface area contributed by atoms with Crippen molar-refractivity contribution in [3.8, 4) is 5.75 Å². The van der Waals surface area contributed by atoms with E-state index in [1.165, 1.54) is 7.11 Å². The number of hydrogen-bond donors (Lipinski definition) is 1. The number of carbonyl (C=O) groups excluding carboxylic acids is 1. The minimum Gasteiger partial charge on any atom is -0.497 e. The third-order valence-electron chi connectivity index (χ3n) is 1.41. The van der Waals surface area contributed by atoms with Gasteiger partial charge in [0.2, 0.25) is 0 Å². The fraction of sp³-hybridized carbons (Fsp3) is 0.125. The molecule has 64 valence electrons. The van der Waals surface area contributed by atoms with Crippen LogP contribution in [-0.4, -0.2) is 13.1 Å². The highest BCUT2D eigenvalue weighted by atomic mass is 16.7. The fourth-order valence-corrected chi connectivity index (χ4v) is 0.818. The maximum absolute atomic E-state index is 10.9. The number of ether oxygens (including phenoxy) is 1. The molecular formula is C8H9NO3. The molecule has 0 aliphatic heterocycles. The topological polar surface area (TPSA) is 61.5 Å². The molecule has 0 amide bonds. The largest absolute Gasteiger partial charge is 0.497 e.